The Kier molecular flexibility index (Phi) is 4.15. The minimum absolute atomic E-state index is 0.0803. The first-order valence-electron chi connectivity index (χ1n) is 7.86. The van der Waals surface area contributed by atoms with Crippen LogP contribution in [0.4, 0.5) is 10.7 Å². The molecule has 8 heteroatoms. The van der Waals surface area contributed by atoms with Crippen LogP contribution in [0.15, 0.2) is 22.1 Å². The molecule has 0 radical (unpaired) electrons. The number of carbonyl (C=O) groups is 3. The lowest BCUT2D eigenvalue weighted by Crippen LogP contribution is -3.12. The summed E-state index contributed by atoms with van der Waals surface area (Å²) in [6, 6.07) is 2.93. The largest absolute Gasteiger partial charge is 0.441 e. The molecule has 128 valence electrons. The quantitative estimate of drug-likeness (QED) is 0.558. The van der Waals surface area contributed by atoms with Crippen molar-refractivity contribution in [2.24, 2.45) is 0 Å². The van der Waals surface area contributed by atoms with E-state index in [4.69, 9.17) is 4.42 Å². The summed E-state index contributed by atoms with van der Waals surface area (Å²) < 4.78 is 5.77. The minimum atomic E-state index is -0.637. The number of likely N-dealkylation sites (N-methyl/N-ethyl adjacent to an activating group) is 3. The van der Waals surface area contributed by atoms with Crippen LogP contribution in [0.1, 0.15) is 5.76 Å². The molecule has 4 amide bonds. The number of hydrogen-bond acceptors (Lipinski definition) is 5. The van der Waals surface area contributed by atoms with Crippen LogP contribution in [0.2, 0.25) is 0 Å². The second-order valence-corrected chi connectivity index (χ2v) is 6.19. The molecule has 2 aliphatic rings. The number of urea groups is 1. The number of barbiturate groups is 1. The van der Waals surface area contributed by atoms with Gasteiger partial charge in [-0.05, 0) is 12.1 Å². The van der Waals surface area contributed by atoms with E-state index >= 15 is 0 Å². The summed E-state index contributed by atoms with van der Waals surface area (Å²) in [5, 5.41) is 0. The summed E-state index contributed by atoms with van der Waals surface area (Å²) in [7, 11) is 4.85. The Morgan fingerprint density at radius 2 is 1.62 bits per heavy atom. The second kappa shape index (κ2) is 6.12. The minimum Gasteiger partial charge on any atom is -0.441 e. The van der Waals surface area contributed by atoms with Gasteiger partial charge in [-0.1, -0.05) is 0 Å². The molecule has 8 nitrogen and oxygen atoms in total. The van der Waals surface area contributed by atoms with E-state index in [-0.39, 0.29) is 5.57 Å². The zero-order valence-electron chi connectivity index (χ0n) is 14.0. The molecule has 0 saturated carbocycles. The van der Waals surface area contributed by atoms with E-state index in [1.54, 1.807) is 6.07 Å². The van der Waals surface area contributed by atoms with Crippen LogP contribution in [-0.2, 0) is 9.59 Å². The van der Waals surface area contributed by atoms with Crippen LogP contribution in [-0.4, -0.2) is 75.0 Å². The second-order valence-electron chi connectivity index (χ2n) is 6.19. The van der Waals surface area contributed by atoms with Crippen molar-refractivity contribution < 1.29 is 23.7 Å². The first kappa shape index (κ1) is 16.3. The van der Waals surface area contributed by atoms with Gasteiger partial charge < -0.3 is 14.2 Å². The number of furan rings is 1. The fraction of sp³-hybridized carbons (Fsp3) is 0.438. The number of piperazine rings is 1. The van der Waals surface area contributed by atoms with Crippen LogP contribution in [0.5, 0.6) is 0 Å². The van der Waals surface area contributed by atoms with E-state index < -0.39 is 17.8 Å². The van der Waals surface area contributed by atoms with Crippen LogP contribution in [0, 0.1) is 0 Å². The average Bonchev–Trinajstić information content (AvgIpc) is 3.04. The van der Waals surface area contributed by atoms with Gasteiger partial charge in [0.05, 0.1) is 33.2 Å². The number of amides is 4. The van der Waals surface area contributed by atoms with Crippen molar-refractivity contribution in [2.45, 2.75) is 0 Å². The summed E-state index contributed by atoms with van der Waals surface area (Å²) in [6.45, 7) is 3.86. The van der Waals surface area contributed by atoms with Crippen LogP contribution in [0.25, 0.3) is 6.08 Å². The van der Waals surface area contributed by atoms with E-state index in [1.165, 1.54) is 25.1 Å². The molecule has 3 rings (SSSR count). The molecule has 2 fully saturated rings. The maximum atomic E-state index is 12.2. The summed E-state index contributed by atoms with van der Waals surface area (Å²) in [4.78, 5) is 41.5. The van der Waals surface area contributed by atoms with Crippen molar-refractivity contribution in [1.82, 2.24) is 9.80 Å². The van der Waals surface area contributed by atoms with Crippen molar-refractivity contribution in [3.05, 3.63) is 23.5 Å². The van der Waals surface area contributed by atoms with E-state index in [2.05, 4.69) is 11.9 Å². The number of rotatable bonds is 2. The van der Waals surface area contributed by atoms with Gasteiger partial charge >= 0.3 is 6.03 Å². The zero-order valence-corrected chi connectivity index (χ0v) is 14.0. The molecule has 0 atom stereocenters. The lowest BCUT2D eigenvalue weighted by Gasteiger charge is -2.29. The van der Waals surface area contributed by atoms with Crippen molar-refractivity contribution >= 4 is 29.8 Å². The zero-order chi connectivity index (χ0) is 17.4. The van der Waals surface area contributed by atoms with Crippen molar-refractivity contribution in [3.63, 3.8) is 0 Å². The summed E-state index contributed by atoms with van der Waals surface area (Å²) in [5.41, 5.74) is -0.0803. The van der Waals surface area contributed by atoms with Gasteiger partial charge in [-0.3, -0.25) is 19.4 Å². The summed E-state index contributed by atoms with van der Waals surface area (Å²) >= 11 is 0. The lowest BCUT2D eigenvalue weighted by molar-refractivity contribution is -0.880. The highest BCUT2D eigenvalue weighted by molar-refractivity contribution is 6.30. The number of quaternary nitrogens is 1. The normalized spacial score (nSPS) is 20.2. The molecule has 0 unspecified atom stereocenters. The van der Waals surface area contributed by atoms with Crippen LogP contribution >= 0.6 is 0 Å². The summed E-state index contributed by atoms with van der Waals surface area (Å²) in [5.74, 6) is -0.0968. The number of imide groups is 2. The molecule has 1 aromatic rings. The van der Waals surface area contributed by atoms with Gasteiger partial charge in [-0.2, -0.15) is 0 Å². The molecule has 1 aromatic heterocycles. The predicted octanol–water partition coefficient (Wildman–Crippen LogP) is -0.952. The number of carbonyl (C=O) groups excluding carboxylic acids is 3. The maximum Gasteiger partial charge on any atom is 0.333 e. The third kappa shape index (κ3) is 2.80. The van der Waals surface area contributed by atoms with Gasteiger partial charge in [0.1, 0.15) is 11.3 Å². The molecule has 24 heavy (non-hydrogen) atoms. The molecular weight excluding hydrogens is 312 g/mol. The fourth-order valence-corrected chi connectivity index (χ4v) is 2.82. The van der Waals surface area contributed by atoms with Crippen molar-refractivity contribution in [3.8, 4) is 0 Å². The van der Waals surface area contributed by atoms with Gasteiger partial charge in [0, 0.05) is 20.2 Å². The Labute approximate surface area is 139 Å². The molecular formula is C16H21N4O4+. The number of hydrogen-bond donors (Lipinski definition) is 1. The third-order valence-electron chi connectivity index (χ3n) is 4.47. The maximum absolute atomic E-state index is 12.2. The predicted molar refractivity (Wildman–Crippen MR) is 86.5 cm³/mol. The van der Waals surface area contributed by atoms with E-state index in [0.29, 0.717) is 5.76 Å². The Morgan fingerprint density at radius 1 is 1.04 bits per heavy atom. The van der Waals surface area contributed by atoms with Crippen molar-refractivity contribution in [1.29, 1.82) is 0 Å². The standard InChI is InChI=1S/C16H20N4O4/c1-17-6-8-20(9-7-17)13-5-4-11(24-13)10-12-14(21)18(2)16(23)19(3)15(12)22/h4-5,10H,6-9H2,1-3H3/p+1. The van der Waals surface area contributed by atoms with Gasteiger partial charge in [0.15, 0.2) is 5.88 Å². The van der Waals surface area contributed by atoms with E-state index in [0.717, 1.165) is 41.9 Å². The van der Waals surface area contributed by atoms with E-state index in [1.807, 2.05) is 6.07 Å². The first-order valence-corrected chi connectivity index (χ1v) is 7.86. The topological polar surface area (TPSA) is 78.5 Å². The van der Waals surface area contributed by atoms with Crippen molar-refractivity contribution in [2.75, 3.05) is 52.2 Å². The Balaban J connectivity index is 1.82. The Hall–Kier alpha value is -2.61. The van der Waals surface area contributed by atoms with Gasteiger partial charge in [-0.15, -0.1) is 0 Å². The molecule has 1 N–H and O–H groups in total. The molecule has 0 aliphatic carbocycles. The molecule has 0 bridgehead atoms. The highest BCUT2D eigenvalue weighted by Crippen LogP contribution is 2.23. The number of anilines is 1. The number of nitrogens with zero attached hydrogens (tertiary/aromatic N) is 3. The third-order valence-corrected chi connectivity index (χ3v) is 4.47. The Bertz CT molecular complexity index is 689. The summed E-state index contributed by atoms with van der Waals surface area (Å²) in [6.07, 6.45) is 1.40. The molecule has 3 heterocycles. The SMILES string of the molecule is CN1C(=O)C(=Cc2ccc(N3CC[NH+](C)CC3)o2)C(=O)N(C)C1=O. The monoisotopic (exact) mass is 333 g/mol. The highest BCUT2D eigenvalue weighted by atomic mass is 16.4. The van der Waals surface area contributed by atoms with Crippen LogP contribution < -0.4 is 9.80 Å². The molecule has 0 aromatic carbocycles. The average molecular weight is 333 g/mol. The van der Waals surface area contributed by atoms with Gasteiger partial charge in [-0.25, -0.2) is 4.79 Å². The molecule has 2 saturated heterocycles. The first-order chi connectivity index (χ1) is 11.4. The number of nitrogens with one attached hydrogen (secondary N) is 1. The molecule has 2 aliphatic heterocycles. The smallest absolute Gasteiger partial charge is 0.333 e. The fourth-order valence-electron chi connectivity index (χ4n) is 2.82. The van der Waals surface area contributed by atoms with Gasteiger partial charge in [0.25, 0.3) is 11.8 Å². The molecule has 0 spiro atoms. The van der Waals surface area contributed by atoms with Gasteiger partial charge in [0.2, 0.25) is 0 Å². The lowest BCUT2D eigenvalue weighted by atomic mass is 10.1. The van der Waals surface area contributed by atoms with Crippen LogP contribution in [0.3, 0.4) is 0 Å². The van der Waals surface area contributed by atoms with E-state index in [9.17, 15) is 14.4 Å². The highest BCUT2D eigenvalue weighted by Gasteiger charge is 2.38. The Morgan fingerprint density at radius 3 is 2.21 bits per heavy atom.